The molecular weight excluding hydrogens is 252 g/mol. The number of benzene rings is 2. The second kappa shape index (κ2) is 4.47. The van der Waals surface area contributed by atoms with Gasteiger partial charge in [-0.05, 0) is 62.8 Å². The zero-order valence-electron chi connectivity index (χ0n) is 14.1. The molecule has 0 unspecified atom stereocenters. The molecule has 1 aliphatic rings. The van der Waals surface area contributed by atoms with Gasteiger partial charge in [0, 0.05) is 0 Å². The first-order valence-corrected chi connectivity index (χ1v) is 7.86. The zero-order valence-corrected chi connectivity index (χ0v) is 14.1. The van der Waals surface area contributed by atoms with Gasteiger partial charge < -0.3 is 0 Å². The molecule has 2 aromatic carbocycles. The molecular formula is C21H25. The highest BCUT2D eigenvalue weighted by molar-refractivity contribution is 5.78. The summed E-state index contributed by atoms with van der Waals surface area (Å²) in [4.78, 5) is 0. The second-order valence-corrected chi connectivity index (χ2v) is 8.28. The molecule has 0 aromatic heterocycles. The highest BCUT2D eigenvalue weighted by Gasteiger charge is 2.29. The van der Waals surface area contributed by atoms with Crippen molar-refractivity contribution in [2.75, 3.05) is 0 Å². The van der Waals surface area contributed by atoms with Gasteiger partial charge in [-0.3, -0.25) is 0 Å². The summed E-state index contributed by atoms with van der Waals surface area (Å²) in [5.41, 5.74) is 8.69. The van der Waals surface area contributed by atoms with Crippen molar-refractivity contribution < 1.29 is 0 Å². The van der Waals surface area contributed by atoms with Gasteiger partial charge in [0.05, 0.1) is 0 Å². The first-order valence-electron chi connectivity index (χ1n) is 7.86. The molecule has 1 aliphatic carbocycles. The Bertz CT molecular complexity index is 691. The quantitative estimate of drug-likeness (QED) is 0.498. The lowest BCUT2D eigenvalue weighted by Gasteiger charge is -2.31. The molecule has 0 saturated carbocycles. The van der Waals surface area contributed by atoms with Crippen LogP contribution in [0.4, 0.5) is 0 Å². The first-order chi connectivity index (χ1) is 9.68. The van der Waals surface area contributed by atoms with Gasteiger partial charge in [0.2, 0.25) is 0 Å². The number of rotatable bonds is 0. The number of hydrogen-bond donors (Lipinski definition) is 0. The zero-order chi connectivity index (χ0) is 15.4. The molecule has 0 fully saturated rings. The third kappa shape index (κ3) is 2.41. The molecule has 109 valence electrons. The van der Waals surface area contributed by atoms with Gasteiger partial charge in [0.1, 0.15) is 0 Å². The molecule has 0 heterocycles. The average molecular weight is 277 g/mol. The van der Waals surface area contributed by atoms with E-state index < -0.39 is 0 Å². The van der Waals surface area contributed by atoms with Gasteiger partial charge in [-0.15, -0.1) is 0 Å². The Labute approximate surface area is 129 Å². The molecule has 0 amide bonds. The summed E-state index contributed by atoms with van der Waals surface area (Å²) in [5.74, 6) is 0. The first kappa shape index (κ1) is 14.4. The van der Waals surface area contributed by atoms with Crippen LogP contribution in [-0.4, -0.2) is 0 Å². The maximum Gasteiger partial charge on any atom is -0.000717 e. The topological polar surface area (TPSA) is 0 Å². The van der Waals surface area contributed by atoms with E-state index in [4.69, 9.17) is 0 Å². The summed E-state index contributed by atoms with van der Waals surface area (Å²) in [6, 6.07) is 15.0. The van der Waals surface area contributed by atoms with E-state index in [0.29, 0.717) is 0 Å². The third-order valence-electron chi connectivity index (χ3n) is 4.39. The van der Waals surface area contributed by atoms with Crippen LogP contribution >= 0.6 is 0 Å². The highest BCUT2D eigenvalue weighted by atomic mass is 14.3. The van der Waals surface area contributed by atoms with E-state index in [0.717, 1.165) is 6.42 Å². The summed E-state index contributed by atoms with van der Waals surface area (Å²) >= 11 is 0. The van der Waals surface area contributed by atoms with E-state index in [1.165, 1.54) is 33.4 Å². The maximum atomic E-state index is 3.79. The van der Waals surface area contributed by atoms with Gasteiger partial charge in [0.15, 0.2) is 0 Å². The van der Waals surface area contributed by atoms with Crippen molar-refractivity contribution in [3.63, 3.8) is 0 Å². The standard InChI is InChI=1S/C21H25/c1-20(2,3)18-12-15-11-14-9-7-8-10-16(14)17(15)13-19(18)21(4,5)6/h7-10,13H,11H2,1-6H3. The van der Waals surface area contributed by atoms with E-state index >= 15 is 0 Å². The second-order valence-electron chi connectivity index (χ2n) is 8.28. The molecule has 0 bridgehead atoms. The van der Waals surface area contributed by atoms with Gasteiger partial charge >= 0.3 is 0 Å². The fourth-order valence-electron chi connectivity index (χ4n) is 3.28. The number of fused-ring (bicyclic) bond motifs is 3. The van der Waals surface area contributed by atoms with Crippen LogP contribution in [0.15, 0.2) is 30.3 Å². The van der Waals surface area contributed by atoms with Crippen LogP contribution in [-0.2, 0) is 17.3 Å². The van der Waals surface area contributed by atoms with Gasteiger partial charge in [-0.2, -0.15) is 0 Å². The van der Waals surface area contributed by atoms with E-state index in [9.17, 15) is 0 Å². The van der Waals surface area contributed by atoms with Crippen molar-refractivity contribution in [3.05, 3.63) is 58.7 Å². The largest absolute Gasteiger partial charge is 0.0619 e. The summed E-state index contributed by atoms with van der Waals surface area (Å²) < 4.78 is 0. The van der Waals surface area contributed by atoms with E-state index in [1.807, 2.05) is 0 Å². The van der Waals surface area contributed by atoms with Crippen molar-refractivity contribution in [2.24, 2.45) is 0 Å². The van der Waals surface area contributed by atoms with Gasteiger partial charge in [-0.25, -0.2) is 0 Å². The minimum Gasteiger partial charge on any atom is -0.0619 e. The fraction of sp³-hybridized carbons (Fsp3) is 0.429. The van der Waals surface area contributed by atoms with Crippen molar-refractivity contribution in [3.8, 4) is 11.1 Å². The van der Waals surface area contributed by atoms with Crippen molar-refractivity contribution in [1.82, 2.24) is 0 Å². The molecule has 0 spiro atoms. The summed E-state index contributed by atoms with van der Waals surface area (Å²) in [7, 11) is 0. The lowest BCUT2D eigenvalue weighted by molar-refractivity contribution is 0.529. The fourth-order valence-corrected chi connectivity index (χ4v) is 3.28. The van der Waals surface area contributed by atoms with Crippen LogP contribution in [0.3, 0.4) is 0 Å². The third-order valence-corrected chi connectivity index (χ3v) is 4.39. The molecule has 1 radical (unpaired) electrons. The van der Waals surface area contributed by atoms with Crippen LogP contribution in [0.1, 0.15) is 63.8 Å². The smallest absolute Gasteiger partial charge is 0.000717 e. The summed E-state index contributed by atoms with van der Waals surface area (Å²) in [6.07, 6.45) is 1.03. The molecule has 0 N–H and O–H groups in total. The molecule has 0 atom stereocenters. The van der Waals surface area contributed by atoms with Gasteiger partial charge in [0.25, 0.3) is 0 Å². The van der Waals surface area contributed by atoms with Crippen LogP contribution in [0.2, 0.25) is 0 Å². The molecule has 0 heteroatoms. The Morgan fingerprint density at radius 2 is 1.52 bits per heavy atom. The highest BCUT2D eigenvalue weighted by Crippen LogP contribution is 2.42. The minimum atomic E-state index is 0.131. The Balaban J connectivity index is 2.27. The Morgan fingerprint density at radius 3 is 2.14 bits per heavy atom. The lowest BCUT2D eigenvalue weighted by atomic mass is 9.74. The van der Waals surface area contributed by atoms with E-state index in [1.54, 1.807) is 0 Å². The van der Waals surface area contributed by atoms with Crippen LogP contribution in [0, 0.1) is 6.07 Å². The summed E-state index contributed by atoms with van der Waals surface area (Å²) in [5, 5.41) is 0. The molecule has 3 rings (SSSR count). The van der Waals surface area contributed by atoms with Gasteiger partial charge in [-0.1, -0.05) is 65.8 Å². The molecule has 0 nitrogen and oxygen atoms in total. The molecule has 2 aromatic rings. The SMILES string of the molecule is CC(C)(C)c1[c]c2c(cc1C(C)(C)C)-c1ccccc1C2. The molecule has 21 heavy (non-hydrogen) atoms. The van der Waals surface area contributed by atoms with Crippen molar-refractivity contribution in [2.45, 2.75) is 58.8 Å². The predicted molar refractivity (Wildman–Crippen MR) is 90.9 cm³/mol. The Hall–Kier alpha value is -1.56. The van der Waals surface area contributed by atoms with Crippen LogP contribution in [0.25, 0.3) is 11.1 Å². The van der Waals surface area contributed by atoms with Crippen molar-refractivity contribution in [1.29, 1.82) is 0 Å². The Kier molecular flexibility index (Phi) is 3.06. The number of hydrogen-bond acceptors (Lipinski definition) is 0. The lowest BCUT2D eigenvalue weighted by Crippen LogP contribution is -2.22. The predicted octanol–water partition coefficient (Wildman–Crippen LogP) is 5.65. The maximum absolute atomic E-state index is 3.79. The average Bonchev–Trinajstić information content (AvgIpc) is 2.73. The molecule has 0 aliphatic heterocycles. The van der Waals surface area contributed by atoms with E-state index in [-0.39, 0.29) is 10.8 Å². The van der Waals surface area contributed by atoms with Crippen molar-refractivity contribution >= 4 is 0 Å². The van der Waals surface area contributed by atoms with E-state index in [2.05, 4.69) is 77.9 Å². The molecule has 0 saturated heterocycles. The normalized spacial score (nSPS) is 14.0. The minimum absolute atomic E-state index is 0.131. The monoisotopic (exact) mass is 277 g/mol. The van der Waals surface area contributed by atoms with Crippen LogP contribution < -0.4 is 0 Å². The van der Waals surface area contributed by atoms with Crippen LogP contribution in [0.5, 0.6) is 0 Å². The Morgan fingerprint density at radius 1 is 0.857 bits per heavy atom. The summed E-state index contributed by atoms with van der Waals surface area (Å²) in [6.45, 7) is 13.8.